The number of aliphatic hydroxyl groups is 1. The highest BCUT2D eigenvalue weighted by Gasteiger charge is 2.73. The van der Waals surface area contributed by atoms with Crippen LogP contribution < -0.4 is 10.1 Å². The minimum atomic E-state index is -0.937. The van der Waals surface area contributed by atoms with Crippen molar-refractivity contribution in [1.29, 1.82) is 0 Å². The van der Waals surface area contributed by atoms with Crippen LogP contribution in [-0.2, 0) is 23.1 Å². The Morgan fingerprint density at radius 3 is 2.76 bits per heavy atom. The van der Waals surface area contributed by atoms with E-state index in [9.17, 15) is 15.0 Å². The van der Waals surface area contributed by atoms with Gasteiger partial charge in [0.25, 0.3) is 0 Å². The third-order valence-corrected chi connectivity index (χ3v) is 10.3. The molecule has 2 heterocycles. The summed E-state index contributed by atoms with van der Waals surface area (Å²) in [4.78, 5) is 16.0. The largest absolute Gasteiger partial charge is 0.504 e. The number of aromatic hydroxyl groups is 1. The molecule has 0 aromatic heterocycles. The molecule has 5 aliphatic rings. The molecule has 38 heavy (non-hydrogen) atoms. The summed E-state index contributed by atoms with van der Waals surface area (Å²) < 4.78 is 6.59. The zero-order chi connectivity index (χ0) is 25.6. The standard InChI is InChI=1S/C32H34N2O4/c35-25-11-10-22-16-26-32(37)13-12-24(33-27(36)17-21-6-3-5-20-4-1-2-7-23(20)21)30-31(32,28(22)29(25)38-30)14-15-34(26)18-19-8-9-19/h1-7,10-11,19,24,26,30,35,37H,8-9,12-18H2,(H,33,36)/t24-,26-,30+,31+,32-/m1/s1. The molecule has 0 unspecified atom stereocenters. The van der Waals surface area contributed by atoms with Crippen molar-refractivity contribution in [2.75, 3.05) is 13.1 Å². The van der Waals surface area contributed by atoms with Crippen LogP contribution in [0.2, 0.25) is 0 Å². The molecule has 2 aliphatic heterocycles. The van der Waals surface area contributed by atoms with E-state index in [1.165, 1.54) is 18.4 Å². The maximum absolute atomic E-state index is 13.5. The number of rotatable bonds is 5. The number of benzene rings is 3. The lowest BCUT2D eigenvalue weighted by Gasteiger charge is -2.64. The minimum absolute atomic E-state index is 0.0317. The summed E-state index contributed by atoms with van der Waals surface area (Å²) in [5.41, 5.74) is 1.63. The SMILES string of the molecule is O=C(Cc1cccc2ccccc12)N[C@@H]1CC[C@@]2(O)[C@H]3Cc4ccc(O)c5c4[C@@]2(CCN3CC2CC2)[C@H]1O5. The second-order valence-corrected chi connectivity index (χ2v) is 12.3. The van der Waals surface area contributed by atoms with Gasteiger partial charge in [0.15, 0.2) is 11.5 Å². The van der Waals surface area contributed by atoms with Crippen LogP contribution in [0.1, 0.15) is 48.8 Å². The van der Waals surface area contributed by atoms with E-state index in [4.69, 9.17) is 4.74 Å². The van der Waals surface area contributed by atoms with Crippen LogP contribution in [-0.4, -0.2) is 57.9 Å². The zero-order valence-corrected chi connectivity index (χ0v) is 21.5. The molecule has 8 rings (SSSR count). The molecule has 3 N–H and O–H groups in total. The predicted octanol–water partition coefficient (Wildman–Crippen LogP) is 3.84. The normalized spacial score (nSPS) is 33.0. The number of hydrogen-bond donors (Lipinski definition) is 3. The number of ether oxygens (including phenoxy) is 1. The van der Waals surface area contributed by atoms with E-state index in [1.54, 1.807) is 6.07 Å². The molecule has 3 aliphatic carbocycles. The Bertz CT molecular complexity index is 1460. The molecule has 0 radical (unpaired) electrons. The summed E-state index contributed by atoms with van der Waals surface area (Å²) in [5, 5.41) is 29.0. The molecule has 3 aromatic rings. The van der Waals surface area contributed by atoms with E-state index < -0.39 is 17.1 Å². The van der Waals surface area contributed by atoms with Gasteiger partial charge in [-0.05, 0) is 79.0 Å². The van der Waals surface area contributed by atoms with E-state index in [0.29, 0.717) is 25.0 Å². The van der Waals surface area contributed by atoms with Crippen molar-refractivity contribution in [2.24, 2.45) is 5.92 Å². The lowest BCUT2D eigenvalue weighted by atomic mass is 9.48. The Morgan fingerprint density at radius 2 is 1.89 bits per heavy atom. The Kier molecular flexibility index (Phi) is 4.79. The summed E-state index contributed by atoms with van der Waals surface area (Å²) >= 11 is 0. The molecule has 3 aromatic carbocycles. The molecule has 2 saturated carbocycles. The fourth-order valence-corrected chi connectivity index (χ4v) is 8.51. The lowest BCUT2D eigenvalue weighted by Crippen LogP contribution is -2.78. The van der Waals surface area contributed by atoms with E-state index in [-0.39, 0.29) is 23.7 Å². The summed E-state index contributed by atoms with van der Waals surface area (Å²) in [6, 6.07) is 17.8. The number of carbonyl (C=O) groups is 1. The molecule has 3 fully saturated rings. The van der Waals surface area contributed by atoms with Crippen LogP contribution in [0.4, 0.5) is 0 Å². The Hall–Kier alpha value is -3.09. The van der Waals surface area contributed by atoms with Crippen LogP contribution in [0.5, 0.6) is 11.5 Å². The van der Waals surface area contributed by atoms with E-state index in [1.807, 2.05) is 30.3 Å². The van der Waals surface area contributed by atoms with Gasteiger partial charge in [0.2, 0.25) is 5.91 Å². The highest BCUT2D eigenvalue weighted by atomic mass is 16.5. The zero-order valence-electron chi connectivity index (χ0n) is 21.5. The smallest absolute Gasteiger partial charge is 0.224 e. The maximum atomic E-state index is 13.5. The van der Waals surface area contributed by atoms with Gasteiger partial charge in [0, 0.05) is 18.2 Å². The van der Waals surface area contributed by atoms with Crippen molar-refractivity contribution in [3.05, 3.63) is 71.3 Å². The molecule has 1 saturated heterocycles. The quantitative estimate of drug-likeness (QED) is 0.486. The first-order valence-electron chi connectivity index (χ1n) is 14.2. The Labute approximate surface area is 222 Å². The molecule has 6 heteroatoms. The minimum Gasteiger partial charge on any atom is -0.504 e. The summed E-state index contributed by atoms with van der Waals surface area (Å²) in [6.45, 7) is 1.97. The number of nitrogens with zero attached hydrogens (tertiary/aromatic N) is 1. The van der Waals surface area contributed by atoms with Crippen LogP contribution in [0.15, 0.2) is 54.6 Å². The van der Waals surface area contributed by atoms with Crippen molar-refractivity contribution < 1.29 is 19.7 Å². The van der Waals surface area contributed by atoms with Gasteiger partial charge in [-0.1, -0.05) is 48.5 Å². The maximum Gasteiger partial charge on any atom is 0.224 e. The topological polar surface area (TPSA) is 82.0 Å². The van der Waals surface area contributed by atoms with Gasteiger partial charge in [0.05, 0.1) is 23.5 Å². The van der Waals surface area contributed by atoms with Crippen molar-refractivity contribution in [3.63, 3.8) is 0 Å². The second kappa shape index (κ2) is 7.96. The molecular formula is C32H34N2O4. The monoisotopic (exact) mass is 510 g/mol. The molecule has 5 atom stereocenters. The molecule has 1 amide bonds. The summed E-state index contributed by atoms with van der Waals surface area (Å²) in [5.74, 6) is 1.38. The number of piperidine rings is 1. The van der Waals surface area contributed by atoms with Crippen LogP contribution in [0.25, 0.3) is 10.8 Å². The van der Waals surface area contributed by atoms with Crippen molar-refractivity contribution >= 4 is 16.7 Å². The average Bonchev–Trinajstić information content (AvgIpc) is 3.66. The van der Waals surface area contributed by atoms with Crippen molar-refractivity contribution in [1.82, 2.24) is 10.2 Å². The van der Waals surface area contributed by atoms with E-state index in [0.717, 1.165) is 53.7 Å². The molecular weight excluding hydrogens is 476 g/mol. The highest BCUT2D eigenvalue weighted by molar-refractivity contribution is 5.90. The number of fused-ring (bicyclic) bond motifs is 1. The predicted molar refractivity (Wildman–Crippen MR) is 144 cm³/mol. The van der Waals surface area contributed by atoms with Crippen LogP contribution >= 0.6 is 0 Å². The molecule has 196 valence electrons. The number of phenolic OH excluding ortho intramolecular Hbond substituents is 1. The van der Waals surface area contributed by atoms with Crippen LogP contribution in [0, 0.1) is 5.92 Å². The highest BCUT2D eigenvalue weighted by Crippen LogP contribution is 2.65. The fourth-order valence-electron chi connectivity index (χ4n) is 8.51. The van der Waals surface area contributed by atoms with Crippen LogP contribution in [0.3, 0.4) is 0 Å². The van der Waals surface area contributed by atoms with Gasteiger partial charge >= 0.3 is 0 Å². The third-order valence-electron chi connectivity index (χ3n) is 10.3. The van der Waals surface area contributed by atoms with Gasteiger partial charge in [0.1, 0.15) is 6.10 Å². The fraction of sp³-hybridized carbons (Fsp3) is 0.469. The average molecular weight is 511 g/mol. The van der Waals surface area contributed by atoms with Gasteiger partial charge in [-0.2, -0.15) is 0 Å². The number of amides is 1. The van der Waals surface area contributed by atoms with Gasteiger partial charge in [-0.15, -0.1) is 0 Å². The number of likely N-dealkylation sites (tertiary alicyclic amines) is 1. The molecule has 2 bridgehead atoms. The summed E-state index contributed by atoms with van der Waals surface area (Å²) in [6.07, 6.45) is 5.30. The lowest BCUT2D eigenvalue weighted by molar-refractivity contribution is -0.192. The molecule has 1 spiro atoms. The number of hydrogen-bond acceptors (Lipinski definition) is 5. The van der Waals surface area contributed by atoms with E-state index >= 15 is 0 Å². The van der Waals surface area contributed by atoms with Gasteiger partial charge in [-0.3, -0.25) is 9.69 Å². The van der Waals surface area contributed by atoms with E-state index in [2.05, 4.69) is 28.4 Å². The first-order chi connectivity index (χ1) is 18.5. The summed E-state index contributed by atoms with van der Waals surface area (Å²) in [7, 11) is 0. The van der Waals surface area contributed by atoms with Crippen molar-refractivity contribution in [2.45, 2.75) is 74.1 Å². The number of phenols is 1. The van der Waals surface area contributed by atoms with Gasteiger partial charge < -0.3 is 20.3 Å². The Morgan fingerprint density at radius 1 is 1.05 bits per heavy atom. The van der Waals surface area contributed by atoms with Crippen molar-refractivity contribution in [3.8, 4) is 11.5 Å². The third kappa shape index (κ3) is 3.04. The first-order valence-corrected chi connectivity index (χ1v) is 14.2. The second-order valence-electron chi connectivity index (χ2n) is 12.3. The number of carbonyl (C=O) groups excluding carboxylic acids is 1. The number of nitrogens with one attached hydrogen (secondary N) is 1. The molecule has 6 nitrogen and oxygen atoms in total. The Balaban J connectivity index is 1.14. The van der Waals surface area contributed by atoms with Gasteiger partial charge in [-0.25, -0.2) is 0 Å². The first kappa shape index (κ1) is 22.9.